The molecule has 6 heteroatoms. The zero-order valence-corrected chi connectivity index (χ0v) is 14.4. The van der Waals surface area contributed by atoms with Gasteiger partial charge < -0.3 is 9.84 Å². The van der Waals surface area contributed by atoms with Crippen molar-refractivity contribution in [3.05, 3.63) is 95.6 Å². The van der Waals surface area contributed by atoms with Crippen LogP contribution in [0.1, 0.15) is 26.3 Å². The summed E-state index contributed by atoms with van der Waals surface area (Å²) in [4.78, 5) is 24.5. The molecule has 3 aromatic carbocycles. The second-order valence-corrected chi connectivity index (χ2v) is 5.73. The Morgan fingerprint density at radius 2 is 1.41 bits per heavy atom. The first kappa shape index (κ1) is 18.0. The number of amides is 2. The van der Waals surface area contributed by atoms with Gasteiger partial charge in [-0.05, 0) is 42.0 Å². The smallest absolute Gasteiger partial charge is 0.273 e. The summed E-state index contributed by atoms with van der Waals surface area (Å²) in [7, 11) is 0. The van der Waals surface area contributed by atoms with Gasteiger partial charge in [0, 0.05) is 5.56 Å². The summed E-state index contributed by atoms with van der Waals surface area (Å²) in [6, 6.07) is 22.1. The molecule has 0 atom stereocenters. The van der Waals surface area contributed by atoms with E-state index in [0.29, 0.717) is 23.5 Å². The molecule has 0 aromatic heterocycles. The lowest BCUT2D eigenvalue weighted by molar-refractivity contribution is 0.0844. The Hall–Kier alpha value is -3.80. The molecular formula is C21H18N2O4. The number of hydrogen-bond donors (Lipinski definition) is 3. The van der Waals surface area contributed by atoms with E-state index < -0.39 is 11.8 Å². The Balaban J connectivity index is 1.62. The molecule has 0 saturated heterocycles. The van der Waals surface area contributed by atoms with E-state index in [2.05, 4.69) is 10.9 Å². The minimum atomic E-state index is -0.495. The van der Waals surface area contributed by atoms with E-state index >= 15 is 0 Å². The van der Waals surface area contributed by atoms with Gasteiger partial charge in [0.15, 0.2) is 0 Å². The number of hydrogen-bond acceptors (Lipinski definition) is 4. The van der Waals surface area contributed by atoms with Crippen molar-refractivity contribution in [2.75, 3.05) is 0 Å². The number of carbonyl (C=O) groups is 2. The molecule has 0 aliphatic rings. The summed E-state index contributed by atoms with van der Waals surface area (Å²) < 4.78 is 5.75. The van der Waals surface area contributed by atoms with Gasteiger partial charge in [-0.2, -0.15) is 0 Å². The predicted molar refractivity (Wildman–Crippen MR) is 100 cm³/mol. The summed E-state index contributed by atoms with van der Waals surface area (Å²) in [5.41, 5.74) is 6.30. The number of para-hydroxylation sites is 1. The molecule has 0 unspecified atom stereocenters. The summed E-state index contributed by atoms with van der Waals surface area (Å²) >= 11 is 0. The maximum Gasteiger partial charge on any atom is 0.273 e. The molecule has 0 heterocycles. The van der Waals surface area contributed by atoms with E-state index in [1.54, 1.807) is 24.3 Å². The summed E-state index contributed by atoms with van der Waals surface area (Å²) in [5, 5.41) is 9.25. The maximum absolute atomic E-state index is 12.4. The fraction of sp³-hybridized carbons (Fsp3) is 0.0476. The van der Waals surface area contributed by atoms with Gasteiger partial charge in [-0.3, -0.25) is 20.4 Å². The van der Waals surface area contributed by atoms with Crippen LogP contribution in [-0.4, -0.2) is 16.9 Å². The van der Waals surface area contributed by atoms with E-state index in [-0.39, 0.29) is 5.75 Å². The first-order valence-corrected chi connectivity index (χ1v) is 8.29. The van der Waals surface area contributed by atoms with Crippen LogP contribution in [0, 0.1) is 0 Å². The molecule has 0 saturated carbocycles. The summed E-state index contributed by atoms with van der Waals surface area (Å²) in [5.74, 6) is -0.519. The molecule has 0 spiro atoms. The first-order valence-electron chi connectivity index (χ1n) is 8.29. The Kier molecular flexibility index (Phi) is 5.69. The zero-order valence-electron chi connectivity index (χ0n) is 14.4. The number of nitrogens with one attached hydrogen (secondary N) is 2. The largest absolute Gasteiger partial charge is 0.508 e. The maximum atomic E-state index is 12.4. The minimum absolute atomic E-state index is 0.0556. The summed E-state index contributed by atoms with van der Waals surface area (Å²) in [6.45, 7) is 0.324. The Morgan fingerprint density at radius 1 is 0.778 bits per heavy atom. The fourth-order valence-corrected chi connectivity index (χ4v) is 2.38. The quantitative estimate of drug-likeness (QED) is 0.609. The predicted octanol–water partition coefficient (Wildman–Crippen LogP) is 3.05. The van der Waals surface area contributed by atoms with Crippen molar-refractivity contribution >= 4 is 11.8 Å². The zero-order chi connectivity index (χ0) is 19.1. The van der Waals surface area contributed by atoms with E-state index in [1.165, 1.54) is 24.3 Å². The molecule has 0 aliphatic carbocycles. The van der Waals surface area contributed by atoms with Crippen molar-refractivity contribution in [3.8, 4) is 11.5 Å². The van der Waals surface area contributed by atoms with Gasteiger partial charge >= 0.3 is 0 Å². The van der Waals surface area contributed by atoms with Crippen molar-refractivity contribution in [1.29, 1.82) is 0 Å². The van der Waals surface area contributed by atoms with E-state index in [1.807, 2.05) is 30.3 Å². The average molecular weight is 362 g/mol. The van der Waals surface area contributed by atoms with Crippen molar-refractivity contribution in [2.24, 2.45) is 0 Å². The third kappa shape index (κ3) is 4.85. The number of hydrazine groups is 1. The average Bonchev–Trinajstić information content (AvgIpc) is 2.71. The molecule has 136 valence electrons. The second kappa shape index (κ2) is 8.53. The second-order valence-electron chi connectivity index (χ2n) is 5.73. The number of phenols is 1. The number of carbonyl (C=O) groups excluding carboxylic acids is 2. The van der Waals surface area contributed by atoms with Crippen LogP contribution in [0.5, 0.6) is 11.5 Å². The highest BCUT2D eigenvalue weighted by Gasteiger charge is 2.14. The van der Waals surface area contributed by atoms with Crippen molar-refractivity contribution in [2.45, 2.75) is 6.61 Å². The van der Waals surface area contributed by atoms with Crippen molar-refractivity contribution in [3.63, 3.8) is 0 Å². The summed E-state index contributed by atoms with van der Waals surface area (Å²) in [6.07, 6.45) is 0. The first-order chi connectivity index (χ1) is 13.1. The van der Waals surface area contributed by atoms with Gasteiger partial charge in [0.25, 0.3) is 11.8 Å². The molecule has 2 amide bonds. The standard InChI is InChI=1S/C21H18N2O4/c24-17-12-10-16(11-13-17)20(25)22-23-21(26)18-8-4-5-9-19(18)27-14-15-6-2-1-3-7-15/h1-13,24H,14H2,(H,22,25)(H,23,26). The molecule has 0 fully saturated rings. The lowest BCUT2D eigenvalue weighted by atomic mass is 10.2. The molecule has 3 rings (SSSR count). The van der Waals surface area contributed by atoms with Crippen LogP contribution < -0.4 is 15.6 Å². The molecule has 0 bridgehead atoms. The molecule has 27 heavy (non-hydrogen) atoms. The highest BCUT2D eigenvalue weighted by molar-refractivity contribution is 6.00. The van der Waals surface area contributed by atoms with Crippen molar-refractivity contribution in [1.82, 2.24) is 10.9 Å². The Labute approximate surface area is 156 Å². The highest BCUT2D eigenvalue weighted by atomic mass is 16.5. The normalized spacial score (nSPS) is 10.1. The number of benzene rings is 3. The minimum Gasteiger partial charge on any atom is -0.508 e. The van der Waals surface area contributed by atoms with Gasteiger partial charge in [0.05, 0.1) is 5.56 Å². The van der Waals surface area contributed by atoms with E-state index in [4.69, 9.17) is 4.74 Å². The van der Waals surface area contributed by atoms with Crippen LogP contribution in [0.2, 0.25) is 0 Å². The van der Waals surface area contributed by atoms with E-state index in [9.17, 15) is 14.7 Å². The van der Waals surface area contributed by atoms with Gasteiger partial charge in [0.2, 0.25) is 0 Å². The molecule has 3 aromatic rings. The van der Waals surface area contributed by atoms with Crippen molar-refractivity contribution < 1.29 is 19.4 Å². The third-order valence-corrected chi connectivity index (χ3v) is 3.79. The van der Waals surface area contributed by atoms with Crippen LogP contribution in [0.25, 0.3) is 0 Å². The molecule has 0 radical (unpaired) electrons. The van der Waals surface area contributed by atoms with Crippen LogP contribution in [-0.2, 0) is 6.61 Å². The molecule has 3 N–H and O–H groups in total. The fourth-order valence-electron chi connectivity index (χ4n) is 2.38. The number of ether oxygens (including phenoxy) is 1. The van der Waals surface area contributed by atoms with Crippen LogP contribution in [0.3, 0.4) is 0 Å². The monoisotopic (exact) mass is 362 g/mol. The highest BCUT2D eigenvalue weighted by Crippen LogP contribution is 2.19. The van der Waals surface area contributed by atoms with Gasteiger partial charge in [0.1, 0.15) is 18.1 Å². The van der Waals surface area contributed by atoms with Crippen LogP contribution in [0.4, 0.5) is 0 Å². The third-order valence-electron chi connectivity index (χ3n) is 3.79. The van der Waals surface area contributed by atoms with Gasteiger partial charge in [-0.1, -0.05) is 42.5 Å². The number of aromatic hydroxyl groups is 1. The Morgan fingerprint density at radius 3 is 2.15 bits per heavy atom. The van der Waals surface area contributed by atoms with Gasteiger partial charge in [-0.25, -0.2) is 0 Å². The molecule has 0 aliphatic heterocycles. The lowest BCUT2D eigenvalue weighted by Crippen LogP contribution is -2.41. The van der Waals surface area contributed by atoms with Gasteiger partial charge in [-0.15, -0.1) is 0 Å². The topological polar surface area (TPSA) is 87.7 Å². The molecule has 6 nitrogen and oxygen atoms in total. The van der Waals surface area contributed by atoms with Crippen LogP contribution in [0.15, 0.2) is 78.9 Å². The lowest BCUT2D eigenvalue weighted by Gasteiger charge is -2.12. The van der Waals surface area contributed by atoms with Crippen LogP contribution >= 0.6 is 0 Å². The number of rotatable bonds is 5. The SMILES string of the molecule is O=C(NNC(=O)c1ccccc1OCc1ccccc1)c1ccc(O)cc1. The van der Waals surface area contributed by atoms with E-state index in [0.717, 1.165) is 5.56 Å². The molecular weight excluding hydrogens is 344 g/mol. The number of phenolic OH excluding ortho intramolecular Hbond substituents is 1. The Bertz CT molecular complexity index is 924.